The van der Waals surface area contributed by atoms with Gasteiger partial charge in [-0.15, -0.1) is 0 Å². The van der Waals surface area contributed by atoms with Crippen LogP contribution >= 0.6 is 0 Å². The third-order valence-corrected chi connectivity index (χ3v) is 3.75. The van der Waals surface area contributed by atoms with Crippen molar-refractivity contribution >= 4 is 5.97 Å². The summed E-state index contributed by atoms with van der Waals surface area (Å²) in [5.74, 6) is -0.958. The summed E-state index contributed by atoms with van der Waals surface area (Å²) in [7, 11) is 0. The molecule has 5 nitrogen and oxygen atoms in total. The van der Waals surface area contributed by atoms with Crippen molar-refractivity contribution in [2.24, 2.45) is 0 Å². The zero-order valence-electron chi connectivity index (χ0n) is 13.2. The smallest absolute Gasteiger partial charge is 0.387 e. The normalized spacial score (nSPS) is 16.0. The van der Waals surface area contributed by atoms with E-state index in [4.69, 9.17) is 0 Å². The van der Waals surface area contributed by atoms with Crippen molar-refractivity contribution in [2.75, 3.05) is 0 Å². The van der Waals surface area contributed by atoms with Crippen molar-refractivity contribution in [2.45, 2.75) is 19.6 Å². The van der Waals surface area contributed by atoms with Crippen LogP contribution in [-0.2, 0) is 11.3 Å². The summed E-state index contributed by atoms with van der Waals surface area (Å²) in [6.45, 7) is -2.51. The van der Waals surface area contributed by atoms with Crippen molar-refractivity contribution < 1.29 is 23.4 Å². The van der Waals surface area contributed by atoms with Crippen LogP contribution in [0.3, 0.4) is 0 Å². The molecule has 7 heteroatoms. The molecule has 2 N–H and O–H groups in total. The Morgan fingerprint density at radius 3 is 2.72 bits per heavy atom. The molecule has 0 aromatic heterocycles. The van der Waals surface area contributed by atoms with Gasteiger partial charge in [0.1, 0.15) is 5.75 Å². The van der Waals surface area contributed by atoms with Gasteiger partial charge in [0.05, 0.1) is 5.70 Å². The summed E-state index contributed by atoms with van der Waals surface area (Å²) >= 11 is 0. The first-order valence-corrected chi connectivity index (χ1v) is 7.64. The second-order valence-corrected chi connectivity index (χ2v) is 5.40. The summed E-state index contributed by atoms with van der Waals surface area (Å²) < 4.78 is 28.6. The Hall–Kier alpha value is -3.09. The Labute approximate surface area is 143 Å². The molecular weight excluding hydrogens is 330 g/mol. The van der Waals surface area contributed by atoms with E-state index in [1.807, 2.05) is 18.2 Å². The first-order valence-electron chi connectivity index (χ1n) is 7.64. The molecule has 2 aliphatic heterocycles. The fraction of sp³-hybridized carbons (Fsp3) is 0.167. The number of nitrogens with zero attached hydrogens (tertiary/aromatic N) is 1. The lowest BCUT2D eigenvalue weighted by Crippen LogP contribution is -2.30. The number of benzene rings is 1. The van der Waals surface area contributed by atoms with Crippen LogP contribution < -0.4 is 10.1 Å². The molecule has 0 fully saturated rings. The zero-order valence-corrected chi connectivity index (χ0v) is 13.2. The zero-order chi connectivity index (χ0) is 17.8. The molecule has 0 saturated carbocycles. The van der Waals surface area contributed by atoms with Gasteiger partial charge in [0.15, 0.2) is 5.70 Å². The molecular formula is C18H16F2N2O3. The molecule has 1 aromatic rings. The lowest BCUT2D eigenvalue weighted by Gasteiger charge is -2.29. The molecule has 0 saturated heterocycles. The minimum absolute atomic E-state index is 0.0787. The van der Waals surface area contributed by atoms with Crippen LogP contribution in [0.2, 0.25) is 0 Å². The highest BCUT2D eigenvalue weighted by molar-refractivity contribution is 5.89. The predicted octanol–water partition coefficient (Wildman–Crippen LogP) is 3.35. The van der Waals surface area contributed by atoms with Crippen molar-refractivity contribution in [3.63, 3.8) is 0 Å². The minimum atomic E-state index is -2.86. The number of hydrogen-bond acceptors (Lipinski definition) is 4. The van der Waals surface area contributed by atoms with Gasteiger partial charge in [-0.05, 0) is 36.3 Å². The number of carboxylic acids is 1. The Morgan fingerprint density at radius 1 is 1.28 bits per heavy atom. The van der Waals surface area contributed by atoms with Gasteiger partial charge in [-0.2, -0.15) is 8.78 Å². The maximum absolute atomic E-state index is 12.1. The standard InChI is InChI=1S/C18H16F2N2O3/c19-18(20)25-14-7-4-12(5-8-14)11-21-15-9-6-13-3-1-2-10-22(13)16(15)17(23)24/h2-10,18,21H,1,11H2,(H,23,24). The van der Waals surface area contributed by atoms with Crippen LogP contribution in [0.1, 0.15) is 12.0 Å². The van der Waals surface area contributed by atoms with E-state index >= 15 is 0 Å². The fourth-order valence-electron chi connectivity index (χ4n) is 2.62. The van der Waals surface area contributed by atoms with E-state index in [1.165, 1.54) is 12.1 Å². The van der Waals surface area contributed by atoms with E-state index in [2.05, 4.69) is 10.1 Å². The largest absolute Gasteiger partial charge is 0.476 e. The van der Waals surface area contributed by atoms with Gasteiger partial charge in [-0.3, -0.25) is 0 Å². The fourth-order valence-corrected chi connectivity index (χ4v) is 2.62. The quantitative estimate of drug-likeness (QED) is 0.827. The predicted molar refractivity (Wildman–Crippen MR) is 87.4 cm³/mol. The number of rotatable bonds is 6. The maximum atomic E-state index is 12.1. The van der Waals surface area contributed by atoms with Gasteiger partial charge in [-0.25, -0.2) is 4.79 Å². The van der Waals surface area contributed by atoms with Crippen LogP contribution in [0.25, 0.3) is 0 Å². The van der Waals surface area contributed by atoms with E-state index in [1.54, 1.807) is 29.3 Å². The number of hydrogen-bond donors (Lipinski definition) is 2. The second kappa shape index (κ2) is 7.21. The SMILES string of the molecule is O=C(O)C1=C(NCc2ccc(OC(F)F)cc2)C=CC2=CCC=CN21. The molecule has 0 radical (unpaired) electrons. The Bertz CT molecular complexity index is 780. The summed E-state index contributed by atoms with van der Waals surface area (Å²) in [4.78, 5) is 13.3. The van der Waals surface area contributed by atoms with Gasteiger partial charge in [0, 0.05) is 18.4 Å². The highest BCUT2D eigenvalue weighted by atomic mass is 19.3. The van der Waals surface area contributed by atoms with Crippen LogP contribution in [0.5, 0.6) is 5.75 Å². The number of aliphatic carboxylic acids is 1. The number of carboxylic acid groups (broad SMARTS) is 1. The van der Waals surface area contributed by atoms with Crippen LogP contribution in [0.4, 0.5) is 8.78 Å². The number of carbonyl (C=O) groups is 1. The molecule has 0 amide bonds. The van der Waals surface area contributed by atoms with Crippen LogP contribution in [0, 0.1) is 0 Å². The minimum Gasteiger partial charge on any atom is -0.476 e. The third-order valence-electron chi connectivity index (χ3n) is 3.75. The highest BCUT2D eigenvalue weighted by Crippen LogP contribution is 2.27. The van der Waals surface area contributed by atoms with E-state index in [9.17, 15) is 18.7 Å². The molecule has 0 unspecified atom stereocenters. The number of fused-ring (bicyclic) bond motifs is 1. The Morgan fingerprint density at radius 2 is 2.04 bits per heavy atom. The van der Waals surface area contributed by atoms with Crippen molar-refractivity contribution in [1.29, 1.82) is 0 Å². The van der Waals surface area contributed by atoms with Gasteiger partial charge in [0.25, 0.3) is 0 Å². The van der Waals surface area contributed by atoms with Crippen molar-refractivity contribution in [3.8, 4) is 5.75 Å². The second-order valence-electron chi connectivity index (χ2n) is 5.40. The Balaban J connectivity index is 1.74. The van der Waals surface area contributed by atoms with E-state index < -0.39 is 12.6 Å². The summed E-state index contributed by atoms with van der Waals surface area (Å²) in [6.07, 6.45) is 9.89. The number of nitrogens with one attached hydrogen (secondary N) is 1. The number of alkyl halides is 2. The lowest BCUT2D eigenvalue weighted by molar-refractivity contribution is -0.134. The first-order chi connectivity index (χ1) is 12.0. The molecule has 2 heterocycles. The molecule has 1 aromatic carbocycles. The molecule has 2 aliphatic rings. The van der Waals surface area contributed by atoms with E-state index in [-0.39, 0.29) is 11.4 Å². The van der Waals surface area contributed by atoms with Crippen LogP contribution in [0.15, 0.2) is 71.9 Å². The summed E-state index contributed by atoms with van der Waals surface area (Å²) in [6, 6.07) is 6.18. The van der Waals surface area contributed by atoms with Gasteiger partial charge < -0.3 is 20.1 Å². The summed E-state index contributed by atoms with van der Waals surface area (Å²) in [5, 5.41) is 12.6. The average Bonchev–Trinajstić information content (AvgIpc) is 2.60. The van der Waals surface area contributed by atoms with Crippen LogP contribution in [-0.4, -0.2) is 22.6 Å². The number of ether oxygens (including phenoxy) is 1. The van der Waals surface area contributed by atoms with Gasteiger partial charge in [0.2, 0.25) is 0 Å². The monoisotopic (exact) mass is 346 g/mol. The molecule has 0 atom stereocenters. The average molecular weight is 346 g/mol. The molecule has 130 valence electrons. The Kier molecular flexibility index (Phi) is 4.83. The lowest BCUT2D eigenvalue weighted by atomic mass is 10.1. The molecule has 0 bridgehead atoms. The molecule has 3 rings (SSSR count). The highest BCUT2D eigenvalue weighted by Gasteiger charge is 2.25. The first kappa shape index (κ1) is 16.8. The molecule has 0 aliphatic carbocycles. The van der Waals surface area contributed by atoms with E-state index in [0.29, 0.717) is 12.2 Å². The topological polar surface area (TPSA) is 61.8 Å². The van der Waals surface area contributed by atoms with Gasteiger partial charge in [-0.1, -0.05) is 24.3 Å². The third kappa shape index (κ3) is 3.88. The number of allylic oxidation sites excluding steroid dienone is 4. The number of halogens is 2. The van der Waals surface area contributed by atoms with Crippen molar-refractivity contribution in [1.82, 2.24) is 10.2 Å². The molecule has 0 spiro atoms. The molecule has 25 heavy (non-hydrogen) atoms. The maximum Gasteiger partial charge on any atom is 0.387 e. The summed E-state index contributed by atoms with van der Waals surface area (Å²) in [5.41, 5.74) is 2.24. The van der Waals surface area contributed by atoms with E-state index in [0.717, 1.165) is 17.7 Å². The van der Waals surface area contributed by atoms with Gasteiger partial charge >= 0.3 is 12.6 Å². The van der Waals surface area contributed by atoms with Crippen molar-refractivity contribution in [3.05, 3.63) is 77.4 Å².